The van der Waals surface area contributed by atoms with E-state index in [-0.39, 0.29) is 11.7 Å². The summed E-state index contributed by atoms with van der Waals surface area (Å²) in [5, 5.41) is 3.37. The smallest absolute Gasteiger partial charge is 0.203 e. The minimum absolute atomic E-state index is 0.155. The number of sulfone groups is 1. The van der Waals surface area contributed by atoms with Crippen LogP contribution in [0.2, 0.25) is 0 Å². The van der Waals surface area contributed by atoms with Crippen molar-refractivity contribution in [3.63, 3.8) is 0 Å². The molecule has 1 unspecified atom stereocenters. The fourth-order valence-electron chi connectivity index (χ4n) is 3.28. The maximum atomic E-state index is 12.2. The molecule has 1 N–H and O–H groups in total. The number of aromatic nitrogens is 3. The molecule has 0 radical (unpaired) electrons. The fourth-order valence-corrected chi connectivity index (χ4v) is 4.98. The van der Waals surface area contributed by atoms with Crippen LogP contribution in [-0.2, 0) is 16.9 Å². The van der Waals surface area contributed by atoms with E-state index in [0.717, 1.165) is 22.5 Å². The largest absolute Gasteiger partial charge is 0.355 e. The van der Waals surface area contributed by atoms with Crippen LogP contribution in [0.5, 0.6) is 0 Å². The lowest BCUT2D eigenvalue weighted by Gasteiger charge is -2.25. The SMILES string of the molecule is Cn1c(NCC2CCS(=O)(=O)c3ccccc32)nc2ccncc21. The van der Waals surface area contributed by atoms with Crippen molar-refractivity contribution in [3.8, 4) is 0 Å². The molecule has 1 aromatic carbocycles. The Balaban J connectivity index is 1.61. The Morgan fingerprint density at radius 3 is 2.96 bits per heavy atom. The van der Waals surface area contributed by atoms with Gasteiger partial charge in [0.1, 0.15) is 0 Å². The maximum absolute atomic E-state index is 12.2. The standard InChI is InChI=1S/C17H18N4O2S/c1-21-15-11-18-8-6-14(15)20-17(21)19-10-12-7-9-24(22,23)16-5-3-2-4-13(12)16/h2-6,8,11-12H,7,9-10H2,1H3,(H,19,20). The molecule has 124 valence electrons. The molecule has 1 atom stereocenters. The van der Waals surface area contributed by atoms with Crippen molar-refractivity contribution in [3.05, 3.63) is 48.3 Å². The molecule has 4 rings (SSSR count). The molecule has 7 heteroatoms. The van der Waals surface area contributed by atoms with Crippen molar-refractivity contribution in [2.24, 2.45) is 7.05 Å². The molecule has 0 bridgehead atoms. The van der Waals surface area contributed by atoms with Gasteiger partial charge in [-0.25, -0.2) is 13.4 Å². The Labute approximate surface area is 140 Å². The normalized spacial score (nSPS) is 19.1. The highest BCUT2D eigenvalue weighted by atomic mass is 32.2. The Morgan fingerprint density at radius 2 is 2.12 bits per heavy atom. The quantitative estimate of drug-likeness (QED) is 0.790. The molecule has 0 amide bonds. The first-order chi connectivity index (χ1) is 11.6. The number of pyridine rings is 1. The van der Waals surface area contributed by atoms with Crippen LogP contribution in [0.4, 0.5) is 5.95 Å². The second kappa shape index (κ2) is 5.59. The Hall–Kier alpha value is -2.41. The van der Waals surface area contributed by atoms with E-state index in [1.165, 1.54) is 0 Å². The molecule has 3 heterocycles. The third kappa shape index (κ3) is 2.45. The number of nitrogens with one attached hydrogen (secondary N) is 1. The van der Waals surface area contributed by atoms with Crippen LogP contribution in [0.15, 0.2) is 47.6 Å². The molecular formula is C17H18N4O2S. The van der Waals surface area contributed by atoms with E-state index in [2.05, 4.69) is 15.3 Å². The van der Waals surface area contributed by atoms with E-state index in [1.54, 1.807) is 24.5 Å². The molecule has 24 heavy (non-hydrogen) atoms. The van der Waals surface area contributed by atoms with Gasteiger partial charge >= 0.3 is 0 Å². The molecule has 0 saturated carbocycles. The summed E-state index contributed by atoms with van der Waals surface area (Å²) in [6.07, 6.45) is 4.13. The van der Waals surface area contributed by atoms with Crippen LogP contribution in [0.3, 0.4) is 0 Å². The molecule has 6 nitrogen and oxygen atoms in total. The van der Waals surface area contributed by atoms with Gasteiger partial charge in [-0.15, -0.1) is 0 Å². The number of benzene rings is 1. The highest BCUT2D eigenvalue weighted by Gasteiger charge is 2.29. The lowest BCUT2D eigenvalue weighted by molar-refractivity contribution is 0.569. The van der Waals surface area contributed by atoms with Crippen LogP contribution in [0.1, 0.15) is 17.9 Å². The second-order valence-electron chi connectivity index (χ2n) is 6.08. The van der Waals surface area contributed by atoms with Gasteiger partial charge in [-0.05, 0) is 24.1 Å². The van der Waals surface area contributed by atoms with E-state index >= 15 is 0 Å². The molecule has 1 aliphatic heterocycles. The van der Waals surface area contributed by atoms with Crippen LogP contribution in [0, 0.1) is 0 Å². The average molecular weight is 342 g/mol. The molecule has 2 aromatic heterocycles. The zero-order chi connectivity index (χ0) is 16.7. The van der Waals surface area contributed by atoms with Crippen molar-refractivity contribution in [1.82, 2.24) is 14.5 Å². The highest BCUT2D eigenvalue weighted by molar-refractivity contribution is 7.91. The van der Waals surface area contributed by atoms with Gasteiger partial charge in [0.05, 0.1) is 27.9 Å². The van der Waals surface area contributed by atoms with Crippen molar-refractivity contribution < 1.29 is 8.42 Å². The number of rotatable bonds is 3. The summed E-state index contributed by atoms with van der Waals surface area (Å²) >= 11 is 0. The minimum atomic E-state index is -3.14. The Morgan fingerprint density at radius 1 is 1.29 bits per heavy atom. The van der Waals surface area contributed by atoms with Crippen molar-refractivity contribution in [1.29, 1.82) is 0 Å². The van der Waals surface area contributed by atoms with Gasteiger partial charge in [0.25, 0.3) is 0 Å². The van der Waals surface area contributed by atoms with Gasteiger partial charge in [-0.2, -0.15) is 0 Å². The van der Waals surface area contributed by atoms with Crippen LogP contribution >= 0.6 is 0 Å². The number of fused-ring (bicyclic) bond motifs is 2. The predicted molar refractivity (Wildman–Crippen MR) is 92.9 cm³/mol. The topological polar surface area (TPSA) is 76.9 Å². The lowest BCUT2D eigenvalue weighted by atomic mass is 9.96. The van der Waals surface area contributed by atoms with Crippen LogP contribution < -0.4 is 5.32 Å². The number of nitrogens with zero attached hydrogens (tertiary/aromatic N) is 3. The Bertz CT molecular complexity index is 1010. The van der Waals surface area contributed by atoms with E-state index < -0.39 is 9.84 Å². The zero-order valence-electron chi connectivity index (χ0n) is 13.3. The fraction of sp³-hybridized carbons (Fsp3) is 0.294. The number of anilines is 1. The van der Waals surface area contributed by atoms with Gasteiger partial charge in [-0.3, -0.25) is 4.98 Å². The maximum Gasteiger partial charge on any atom is 0.203 e. The van der Waals surface area contributed by atoms with E-state index in [4.69, 9.17) is 0 Å². The highest BCUT2D eigenvalue weighted by Crippen LogP contribution is 2.33. The molecule has 3 aromatic rings. The minimum Gasteiger partial charge on any atom is -0.355 e. The van der Waals surface area contributed by atoms with Crippen molar-refractivity contribution >= 4 is 26.8 Å². The zero-order valence-corrected chi connectivity index (χ0v) is 14.1. The van der Waals surface area contributed by atoms with Gasteiger partial charge in [0, 0.05) is 25.7 Å². The van der Waals surface area contributed by atoms with Gasteiger partial charge in [0.15, 0.2) is 9.84 Å². The second-order valence-corrected chi connectivity index (χ2v) is 8.16. The summed E-state index contributed by atoms with van der Waals surface area (Å²) in [4.78, 5) is 9.17. The number of aryl methyl sites for hydroxylation is 1. The summed E-state index contributed by atoms with van der Waals surface area (Å²) < 4.78 is 26.4. The van der Waals surface area contributed by atoms with Crippen LogP contribution in [-0.4, -0.2) is 35.3 Å². The molecule has 0 aliphatic carbocycles. The lowest BCUT2D eigenvalue weighted by Crippen LogP contribution is -2.25. The number of hydrogen-bond donors (Lipinski definition) is 1. The molecular weight excluding hydrogens is 324 g/mol. The monoisotopic (exact) mass is 342 g/mol. The third-order valence-electron chi connectivity index (χ3n) is 4.62. The summed E-state index contributed by atoms with van der Waals surface area (Å²) in [6, 6.07) is 9.18. The first-order valence-electron chi connectivity index (χ1n) is 7.88. The van der Waals surface area contributed by atoms with E-state index in [9.17, 15) is 8.42 Å². The number of imidazole rings is 1. The summed E-state index contributed by atoms with van der Waals surface area (Å²) in [7, 11) is -1.20. The molecule has 0 fully saturated rings. The van der Waals surface area contributed by atoms with Gasteiger partial charge in [0.2, 0.25) is 5.95 Å². The predicted octanol–water partition coefficient (Wildman–Crippen LogP) is 2.34. The van der Waals surface area contributed by atoms with Gasteiger partial charge < -0.3 is 9.88 Å². The van der Waals surface area contributed by atoms with Gasteiger partial charge in [-0.1, -0.05) is 18.2 Å². The summed E-state index contributed by atoms with van der Waals surface area (Å²) in [5.41, 5.74) is 2.75. The van der Waals surface area contributed by atoms with Crippen molar-refractivity contribution in [2.45, 2.75) is 17.2 Å². The average Bonchev–Trinajstić information content (AvgIpc) is 2.91. The molecule has 0 saturated heterocycles. The molecule has 0 spiro atoms. The van der Waals surface area contributed by atoms with Crippen molar-refractivity contribution in [2.75, 3.05) is 17.6 Å². The van der Waals surface area contributed by atoms with Crippen LogP contribution in [0.25, 0.3) is 11.0 Å². The first kappa shape index (κ1) is 15.1. The summed E-state index contributed by atoms with van der Waals surface area (Å²) in [6.45, 7) is 0.650. The third-order valence-corrected chi connectivity index (χ3v) is 6.43. The molecule has 1 aliphatic rings. The Kier molecular flexibility index (Phi) is 3.53. The first-order valence-corrected chi connectivity index (χ1v) is 9.53. The van der Waals surface area contributed by atoms with E-state index in [0.29, 0.717) is 17.9 Å². The summed E-state index contributed by atoms with van der Waals surface area (Å²) in [5.74, 6) is 1.12. The number of hydrogen-bond acceptors (Lipinski definition) is 5. The van der Waals surface area contributed by atoms with E-state index in [1.807, 2.05) is 29.8 Å².